The largest absolute Gasteiger partial charge is 0.310 e. The number of hydrogen-bond donors (Lipinski definition) is 1. The molecular weight excluding hydrogens is 264 g/mol. The zero-order valence-corrected chi connectivity index (χ0v) is 12.4. The van der Waals surface area contributed by atoms with Gasteiger partial charge in [-0.3, -0.25) is 4.98 Å². The van der Waals surface area contributed by atoms with Gasteiger partial charge in [0.05, 0.1) is 0 Å². The molecule has 102 valence electrons. The maximum atomic E-state index is 4.18. The van der Waals surface area contributed by atoms with Crippen molar-refractivity contribution >= 4 is 22.1 Å². The quantitative estimate of drug-likeness (QED) is 0.764. The Morgan fingerprint density at radius 1 is 1.20 bits per heavy atom. The lowest BCUT2D eigenvalue weighted by Crippen LogP contribution is -2.27. The topological polar surface area (TPSA) is 24.9 Å². The lowest BCUT2D eigenvalue weighted by atomic mass is 10.1. The first-order valence-electron chi connectivity index (χ1n) is 6.90. The summed E-state index contributed by atoms with van der Waals surface area (Å²) in [5.41, 5.74) is 1.34. The summed E-state index contributed by atoms with van der Waals surface area (Å²) in [6.07, 6.45) is 4.87. The van der Waals surface area contributed by atoms with Gasteiger partial charge in [0, 0.05) is 35.2 Å². The van der Waals surface area contributed by atoms with E-state index in [1.54, 1.807) is 0 Å². The van der Waals surface area contributed by atoms with Crippen LogP contribution in [0.25, 0.3) is 10.8 Å². The molecule has 0 aliphatic heterocycles. The second-order valence-electron chi connectivity index (χ2n) is 5.08. The monoisotopic (exact) mass is 282 g/mol. The van der Waals surface area contributed by atoms with Gasteiger partial charge >= 0.3 is 0 Å². The number of aromatic nitrogens is 1. The van der Waals surface area contributed by atoms with Gasteiger partial charge in [-0.1, -0.05) is 24.3 Å². The molecule has 0 saturated heterocycles. The highest BCUT2D eigenvalue weighted by atomic mass is 32.1. The standard InChI is InChI=1S/C17H18N2S/c1-13(10-16-6-3-9-20-16)19-12-15-5-2-4-14-11-18-8-7-17(14)15/h2-9,11,13,19H,10,12H2,1H3. The van der Waals surface area contributed by atoms with E-state index in [-0.39, 0.29) is 0 Å². The van der Waals surface area contributed by atoms with Crippen LogP contribution in [0, 0.1) is 0 Å². The van der Waals surface area contributed by atoms with E-state index in [2.05, 4.69) is 59.0 Å². The molecule has 0 radical (unpaired) electrons. The molecule has 2 nitrogen and oxygen atoms in total. The normalized spacial score (nSPS) is 12.7. The van der Waals surface area contributed by atoms with Crippen LogP contribution in [-0.2, 0) is 13.0 Å². The minimum absolute atomic E-state index is 0.478. The fourth-order valence-electron chi connectivity index (χ4n) is 2.43. The molecule has 0 aliphatic carbocycles. The van der Waals surface area contributed by atoms with Crippen LogP contribution in [-0.4, -0.2) is 11.0 Å². The summed E-state index contributed by atoms with van der Waals surface area (Å²) in [4.78, 5) is 5.62. The van der Waals surface area contributed by atoms with Crippen molar-refractivity contribution in [2.24, 2.45) is 0 Å². The molecule has 3 aromatic rings. The van der Waals surface area contributed by atoms with Gasteiger partial charge in [0.25, 0.3) is 0 Å². The number of hydrogen-bond acceptors (Lipinski definition) is 3. The fraction of sp³-hybridized carbons (Fsp3) is 0.235. The Morgan fingerprint density at radius 2 is 2.15 bits per heavy atom. The molecule has 1 atom stereocenters. The van der Waals surface area contributed by atoms with E-state index in [9.17, 15) is 0 Å². The number of nitrogens with zero attached hydrogens (tertiary/aromatic N) is 1. The maximum Gasteiger partial charge on any atom is 0.0346 e. The number of thiophene rings is 1. The number of rotatable bonds is 5. The molecule has 2 aromatic heterocycles. The summed E-state index contributed by atoms with van der Waals surface area (Å²) in [5.74, 6) is 0. The third-order valence-corrected chi connectivity index (χ3v) is 4.40. The summed E-state index contributed by atoms with van der Waals surface area (Å²) in [6, 6.07) is 13.3. The minimum atomic E-state index is 0.478. The zero-order valence-electron chi connectivity index (χ0n) is 11.5. The van der Waals surface area contributed by atoms with Crippen molar-refractivity contribution in [2.75, 3.05) is 0 Å². The van der Waals surface area contributed by atoms with Crippen molar-refractivity contribution in [2.45, 2.75) is 25.9 Å². The summed E-state index contributed by atoms with van der Waals surface area (Å²) in [7, 11) is 0. The molecule has 1 N–H and O–H groups in total. The molecule has 0 spiro atoms. The molecule has 0 bridgehead atoms. The van der Waals surface area contributed by atoms with E-state index in [1.165, 1.54) is 21.2 Å². The van der Waals surface area contributed by atoms with E-state index in [4.69, 9.17) is 0 Å². The van der Waals surface area contributed by atoms with E-state index in [1.807, 2.05) is 23.7 Å². The first kappa shape index (κ1) is 13.3. The Morgan fingerprint density at radius 3 is 3.00 bits per heavy atom. The summed E-state index contributed by atoms with van der Waals surface area (Å²) in [5, 5.41) is 8.25. The predicted octanol–water partition coefficient (Wildman–Crippen LogP) is 4.02. The number of nitrogens with one attached hydrogen (secondary N) is 1. The smallest absolute Gasteiger partial charge is 0.0346 e. The predicted molar refractivity (Wildman–Crippen MR) is 86.1 cm³/mol. The van der Waals surface area contributed by atoms with Crippen molar-refractivity contribution in [3.8, 4) is 0 Å². The van der Waals surface area contributed by atoms with Crippen molar-refractivity contribution in [3.63, 3.8) is 0 Å². The summed E-state index contributed by atoms with van der Waals surface area (Å²) < 4.78 is 0. The van der Waals surface area contributed by atoms with Crippen molar-refractivity contribution in [1.82, 2.24) is 10.3 Å². The molecule has 0 aliphatic rings. The Balaban J connectivity index is 1.67. The Hall–Kier alpha value is -1.71. The average Bonchev–Trinajstić information content (AvgIpc) is 2.98. The van der Waals surface area contributed by atoms with Gasteiger partial charge in [-0.05, 0) is 41.8 Å². The Bertz CT molecular complexity index is 671. The van der Waals surface area contributed by atoms with Crippen LogP contribution in [0.5, 0.6) is 0 Å². The highest BCUT2D eigenvalue weighted by Crippen LogP contribution is 2.17. The first-order valence-corrected chi connectivity index (χ1v) is 7.78. The molecule has 1 aromatic carbocycles. The lowest BCUT2D eigenvalue weighted by Gasteiger charge is -2.14. The highest BCUT2D eigenvalue weighted by molar-refractivity contribution is 7.09. The lowest BCUT2D eigenvalue weighted by molar-refractivity contribution is 0.550. The first-order chi connectivity index (χ1) is 9.83. The molecule has 0 saturated carbocycles. The number of fused-ring (bicyclic) bond motifs is 1. The van der Waals surface area contributed by atoms with Gasteiger partial charge in [0.2, 0.25) is 0 Å². The van der Waals surface area contributed by atoms with Gasteiger partial charge in [0.15, 0.2) is 0 Å². The summed E-state index contributed by atoms with van der Waals surface area (Å²) in [6.45, 7) is 3.14. The third-order valence-electron chi connectivity index (χ3n) is 3.50. The minimum Gasteiger partial charge on any atom is -0.310 e. The average molecular weight is 282 g/mol. The van der Waals surface area contributed by atoms with Crippen molar-refractivity contribution in [3.05, 3.63) is 64.6 Å². The molecule has 0 fully saturated rings. The van der Waals surface area contributed by atoms with Crippen LogP contribution in [0.1, 0.15) is 17.4 Å². The van der Waals surface area contributed by atoms with Gasteiger partial charge < -0.3 is 5.32 Å². The van der Waals surface area contributed by atoms with E-state index < -0.39 is 0 Å². The fourth-order valence-corrected chi connectivity index (χ4v) is 3.27. The molecular formula is C17H18N2S. The van der Waals surface area contributed by atoms with Gasteiger partial charge in [-0.2, -0.15) is 0 Å². The van der Waals surface area contributed by atoms with Crippen molar-refractivity contribution in [1.29, 1.82) is 0 Å². The van der Waals surface area contributed by atoms with Crippen LogP contribution in [0.4, 0.5) is 0 Å². The van der Waals surface area contributed by atoms with Crippen LogP contribution in [0.3, 0.4) is 0 Å². The van der Waals surface area contributed by atoms with E-state index >= 15 is 0 Å². The molecule has 3 heteroatoms. The van der Waals surface area contributed by atoms with Gasteiger partial charge in [0.1, 0.15) is 0 Å². The van der Waals surface area contributed by atoms with E-state index in [0.717, 1.165) is 13.0 Å². The second kappa shape index (κ2) is 6.16. The van der Waals surface area contributed by atoms with Gasteiger partial charge in [-0.25, -0.2) is 0 Å². The van der Waals surface area contributed by atoms with Crippen molar-refractivity contribution < 1.29 is 0 Å². The maximum absolute atomic E-state index is 4.18. The van der Waals surface area contributed by atoms with Crippen LogP contribution < -0.4 is 5.32 Å². The molecule has 0 amide bonds. The molecule has 2 heterocycles. The second-order valence-corrected chi connectivity index (χ2v) is 6.11. The Kier molecular flexibility index (Phi) is 4.09. The Labute approximate surface area is 123 Å². The number of benzene rings is 1. The SMILES string of the molecule is CC(Cc1cccs1)NCc1cccc2cnccc12. The van der Waals surface area contributed by atoms with Crippen LogP contribution >= 0.6 is 11.3 Å². The van der Waals surface area contributed by atoms with E-state index in [0.29, 0.717) is 6.04 Å². The highest BCUT2D eigenvalue weighted by Gasteiger charge is 2.05. The van der Waals surface area contributed by atoms with Crippen LogP contribution in [0.2, 0.25) is 0 Å². The number of pyridine rings is 1. The molecule has 1 unspecified atom stereocenters. The molecule has 3 rings (SSSR count). The van der Waals surface area contributed by atoms with Crippen LogP contribution in [0.15, 0.2) is 54.2 Å². The zero-order chi connectivity index (χ0) is 13.8. The third kappa shape index (κ3) is 3.06. The summed E-state index contributed by atoms with van der Waals surface area (Å²) >= 11 is 1.83. The molecule has 20 heavy (non-hydrogen) atoms. The van der Waals surface area contributed by atoms with Gasteiger partial charge in [-0.15, -0.1) is 11.3 Å².